The fourth-order valence-electron chi connectivity index (χ4n) is 5.63. The van der Waals surface area contributed by atoms with Crippen LogP contribution in [0.3, 0.4) is 0 Å². The number of aromatic nitrogens is 2. The first kappa shape index (κ1) is 24.4. The largest absolute Gasteiger partial charge is 0.494 e. The van der Waals surface area contributed by atoms with Gasteiger partial charge in [-0.25, -0.2) is 9.37 Å². The zero-order valence-electron chi connectivity index (χ0n) is 20.7. The second-order valence-corrected chi connectivity index (χ2v) is 10.1. The number of benzene rings is 1. The monoisotopic (exact) mass is 509 g/mol. The highest BCUT2D eigenvalue weighted by Crippen LogP contribution is 2.43. The third kappa shape index (κ3) is 4.26. The van der Waals surface area contributed by atoms with Crippen molar-refractivity contribution in [2.75, 3.05) is 24.0 Å². The quantitative estimate of drug-likeness (QED) is 0.434. The van der Waals surface area contributed by atoms with Gasteiger partial charge in [0.1, 0.15) is 33.9 Å². The van der Waals surface area contributed by atoms with Crippen LogP contribution >= 0.6 is 11.6 Å². The number of nitrogens with zero attached hydrogens (tertiary/aromatic N) is 5. The van der Waals surface area contributed by atoms with Crippen molar-refractivity contribution in [2.45, 2.75) is 56.7 Å². The number of nitriles is 1. The lowest BCUT2D eigenvalue weighted by molar-refractivity contribution is 0.360. The first-order chi connectivity index (χ1) is 17.3. The normalized spacial score (nSPS) is 19.7. The third-order valence-electron chi connectivity index (χ3n) is 7.61. The number of rotatable bonds is 6. The SMILES string of the molecule is COc1cc(F)ccc1N(C1CCC(N(C)c2c(C#N)c(=O)n(C)c3ccc(Cl)nc23)CC1)C1CC1. The van der Waals surface area contributed by atoms with Crippen LogP contribution in [0.4, 0.5) is 15.8 Å². The number of methoxy groups -OCH3 is 1. The summed E-state index contributed by atoms with van der Waals surface area (Å²) in [6.07, 6.45) is 5.89. The van der Waals surface area contributed by atoms with E-state index in [4.69, 9.17) is 16.3 Å². The van der Waals surface area contributed by atoms with E-state index < -0.39 is 0 Å². The van der Waals surface area contributed by atoms with Crippen LogP contribution in [0.25, 0.3) is 11.0 Å². The van der Waals surface area contributed by atoms with Crippen molar-refractivity contribution in [3.05, 3.63) is 57.2 Å². The fraction of sp³-hybridized carbons (Fsp3) is 0.444. The third-order valence-corrected chi connectivity index (χ3v) is 7.82. The van der Waals surface area contributed by atoms with Crippen LogP contribution in [0.15, 0.2) is 35.1 Å². The van der Waals surface area contributed by atoms with E-state index in [1.807, 2.05) is 18.0 Å². The molecule has 7 nitrogen and oxygen atoms in total. The number of halogens is 2. The maximum atomic E-state index is 13.8. The van der Waals surface area contributed by atoms with E-state index in [1.54, 1.807) is 26.3 Å². The van der Waals surface area contributed by atoms with Crippen molar-refractivity contribution < 1.29 is 9.13 Å². The van der Waals surface area contributed by atoms with Gasteiger partial charge in [0, 0.05) is 38.3 Å². The Balaban J connectivity index is 1.43. The predicted octanol–water partition coefficient (Wildman–Crippen LogP) is 5.02. The molecule has 2 saturated carbocycles. The summed E-state index contributed by atoms with van der Waals surface area (Å²) in [7, 11) is 5.16. The predicted molar refractivity (Wildman–Crippen MR) is 140 cm³/mol. The van der Waals surface area contributed by atoms with Crippen LogP contribution in [-0.4, -0.2) is 41.8 Å². The van der Waals surface area contributed by atoms with Gasteiger partial charge in [-0.1, -0.05) is 11.6 Å². The van der Waals surface area contributed by atoms with E-state index in [0.29, 0.717) is 39.7 Å². The van der Waals surface area contributed by atoms with Crippen LogP contribution in [0.5, 0.6) is 5.75 Å². The molecule has 3 aromatic rings. The van der Waals surface area contributed by atoms with Crippen LogP contribution in [-0.2, 0) is 7.05 Å². The molecule has 2 fully saturated rings. The first-order valence-corrected chi connectivity index (χ1v) is 12.7. The Hall–Kier alpha value is -3.31. The molecule has 5 rings (SSSR count). The molecule has 1 aromatic carbocycles. The summed E-state index contributed by atoms with van der Waals surface area (Å²) in [4.78, 5) is 21.9. The molecule has 36 heavy (non-hydrogen) atoms. The van der Waals surface area contributed by atoms with Crippen molar-refractivity contribution in [1.82, 2.24) is 9.55 Å². The zero-order chi connectivity index (χ0) is 25.6. The molecule has 188 valence electrons. The average Bonchev–Trinajstić information content (AvgIpc) is 3.72. The molecule has 0 radical (unpaired) electrons. The van der Waals surface area contributed by atoms with Gasteiger partial charge in [0.2, 0.25) is 0 Å². The van der Waals surface area contributed by atoms with Gasteiger partial charge in [0.25, 0.3) is 5.56 Å². The molecule has 2 heterocycles. The topological polar surface area (TPSA) is 74.4 Å². The summed E-state index contributed by atoms with van der Waals surface area (Å²) < 4.78 is 20.8. The lowest BCUT2D eigenvalue weighted by atomic mass is 9.88. The molecule has 0 atom stereocenters. The Morgan fingerprint density at radius 3 is 2.36 bits per heavy atom. The summed E-state index contributed by atoms with van der Waals surface area (Å²) in [5.74, 6) is 0.259. The maximum absolute atomic E-state index is 13.8. The van der Waals surface area contributed by atoms with E-state index >= 15 is 0 Å². The number of hydrogen-bond acceptors (Lipinski definition) is 6. The highest BCUT2D eigenvalue weighted by Gasteiger charge is 2.38. The summed E-state index contributed by atoms with van der Waals surface area (Å²) in [6.45, 7) is 0. The summed E-state index contributed by atoms with van der Waals surface area (Å²) in [6, 6.07) is 11.2. The highest BCUT2D eigenvalue weighted by molar-refractivity contribution is 6.29. The van der Waals surface area contributed by atoms with Crippen LogP contribution in [0, 0.1) is 17.1 Å². The zero-order valence-corrected chi connectivity index (χ0v) is 21.4. The van der Waals surface area contributed by atoms with Crippen LogP contribution in [0.1, 0.15) is 44.1 Å². The van der Waals surface area contributed by atoms with Gasteiger partial charge in [-0.2, -0.15) is 5.26 Å². The van der Waals surface area contributed by atoms with Gasteiger partial charge in [-0.15, -0.1) is 0 Å². The number of hydrogen-bond donors (Lipinski definition) is 0. The molecule has 2 aromatic heterocycles. The Morgan fingerprint density at radius 1 is 1.11 bits per heavy atom. The molecular formula is C27H29ClFN5O2. The number of pyridine rings is 2. The second kappa shape index (κ2) is 9.62. The van der Waals surface area contributed by atoms with Crippen molar-refractivity contribution in [3.63, 3.8) is 0 Å². The first-order valence-electron chi connectivity index (χ1n) is 12.3. The molecule has 2 aliphatic carbocycles. The summed E-state index contributed by atoms with van der Waals surface area (Å²) in [5, 5.41) is 10.2. The highest BCUT2D eigenvalue weighted by atomic mass is 35.5. The molecule has 9 heteroatoms. The number of fused-ring (bicyclic) bond motifs is 1. The van der Waals surface area contributed by atoms with Crippen molar-refractivity contribution in [3.8, 4) is 11.8 Å². The van der Waals surface area contributed by atoms with Gasteiger partial charge in [0.15, 0.2) is 0 Å². The average molecular weight is 510 g/mol. The van der Waals surface area contributed by atoms with Crippen molar-refractivity contribution in [1.29, 1.82) is 5.26 Å². The minimum atomic E-state index is -0.340. The number of aryl methyl sites for hydroxylation is 1. The molecular weight excluding hydrogens is 481 g/mol. The van der Waals surface area contributed by atoms with Crippen LogP contribution in [0.2, 0.25) is 5.15 Å². The Labute approximate surface area is 214 Å². The number of ether oxygens (including phenoxy) is 1. The Morgan fingerprint density at radius 2 is 1.75 bits per heavy atom. The Kier molecular flexibility index (Phi) is 6.52. The molecule has 0 spiro atoms. The van der Waals surface area contributed by atoms with E-state index in [1.165, 1.54) is 16.7 Å². The fourth-order valence-corrected chi connectivity index (χ4v) is 5.78. The van der Waals surface area contributed by atoms with E-state index in [-0.39, 0.29) is 23.0 Å². The standard InChI is InChI=1S/C27H29ClFN5O2/c1-32(26-20(15-30)27(35)33(2)22-12-13-24(28)31-25(22)26)17-5-7-18(8-6-17)34(19-9-10-19)21-11-4-16(29)14-23(21)36-3/h4,11-14,17-19H,5-10H2,1-3H3. The lowest BCUT2D eigenvalue weighted by Crippen LogP contribution is -2.45. The van der Waals surface area contributed by atoms with Crippen molar-refractivity contribution >= 4 is 34.0 Å². The van der Waals surface area contributed by atoms with Crippen molar-refractivity contribution in [2.24, 2.45) is 7.05 Å². The smallest absolute Gasteiger partial charge is 0.270 e. The Bertz CT molecular complexity index is 1410. The molecule has 0 N–H and O–H groups in total. The maximum Gasteiger partial charge on any atom is 0.270 e. The lowest BCUT2D eigenvalue weighted by Gasteiger charge is -2.42. The van der Waals surface area contributed by atoms with Gasteiger partial charge in [-0.3, -0.25) is 4.79 Å². The van der Waals surface area contributed by atoms with E-state index in [9.17, 15) is 14.4 Å². The molecule has 0 bridgehead atoms. The summed E-state index contributed by atoms with van der Waals surface area (Å²) in [5.41, 5.74) is 2.43. The van der Waals surface area contributed by atoms with Gasteiger partial charge >= 0.3 is 0 Å². The van der Waals surface area contributed by atoms with Gasteiger partial charge in [0.05, 0.1) is 24.0 Å². The molecule has 0 unspecified atom stereocenters. The molecule has 0 amide bonds. The molecule has 0 saturated heterocycles. The second-order valence-electron chi connectivity index (χ2n) is 9.73. The minimum Gasteiger partial charge on any atom is -0.494 e. The number of anilines is 2. The van der Waals surface area contributed by atoms with Gasteiger partial charge < -0.3 is 19.1 Å². The molecule has 2 aliphatic rings. The minimum absolute atomic E-state index is 0.0834. The van der Waals surface area contributed by atoms with E-state index in [2.05, 4.69) is 16.0 Å². The van der Waals surface area contributed by atoms with E-state index in [0.717, 1.165) is 44.2 Å². The van der Waals surface area contributed by atoms with Gasteiger partial charge in [-0.05, 0) is 62.8 Å². The summed E-state index contributed by atoms with van der Waals surface area (Å²) >= 11 is 6.21. The molecule has 0 aliphatic heterocycles. The van der Waals surface area contributed by atoms with Crippen LogP contribution < -0.4 is 20.1 Å².